The molecule has 1 aliphatic heterocycles. The highest BCUT2D eigenvalue weighted by molar-refractivity contribution is 7.06. The molecule has 2 nitrogen and oxygen atoms in total. The van der Waals surface area contributed by atoms with Crippen molar-refractivity contribution in [3.05, 3.63) is 16.6 Å². The summed E-state index contributed by atoms with van der Waals surface area (Å²) < 4.78 is 4.60. The van der Waals surface area contributed by atoms with Crippen molar-refractivity contribution in [1.29, 1.82) is 0 Å². The molecule has 1 fully saturated rings. The first-order valence-electron chi connectivity index (χ1n) is 6.63. The first-order chi connectivity index (χ1) is 7.95. The zero-order valence-corrected chi connectivity index (χ0v) is 12.3. The van der Waals surface area contributed by atoms with Crippen LogP contribution in [-0.2, 0) is 12.0 Å². The van der Waals surface area contributed by atoms with Crippen LogP contribution in [0.3, 0.4) is 0 Å². The number of piperidine rings is 1. The summed E-state index contributed by atoms with van der Waals surface area (Å²) in [6.45, 7) is 12.6. The molecular weight excluding hydrogens is 228 g/mol. The van der Waals surface area contributed by atoms with Crippen LogP contribution in [-0.4, -0.2) is 22.4 Å². The lowest BCUT2D eigenvalue weighted by atomic mass is 9.94. The Balaban J connectivity index is 1.93. The molecule has 0 aliphatic carbocycles. The summed E-state index contributed by atoms with van der Waals surface area (Å²) in [6.07, 6.45) is 2.69. The van der Waals surface area contributed by atoms with Crippen molar-refractivity contribution in [1.82, 2.24) is 9.27 Å². The summed E-state index contributed by atoms with van der Waals surface area (Å²) in [5, 5.41) is 0. The molecule has 0 amide bonds. The van der Waals surface area contributed by atoms with Gasteiger partial charge in [0.25, 0.3) is 0 Å². The Morgan fingerprint density at radius 1 is 1.35 bits per heavy atom. The SMILES string of the molecule is CC1CCN(Cc2cc(C(C)(C)C)sn2)CC1. The van der Waals surface area contributed by atoms with Gasteiger partial charge in [-0.05, 0) is 54.9 Å². The predicted molar refractivity (Wildman–Crippen MR) is 74.5 cm³/mol. The Labute approximate surface area is 109 Å². The highest BCUT2D eigenvalue weighted by Gasteiger charge is 2.20. The van der Waals surface area contributed by atoms with Crippen molar-refractivity contribution in [3.8, 4) is 0 Å². The molecule has 1 aromatic rings. The van der Waals surface area contributed by atoms with E-state index < -0.39 is 0 Å². The van der Waals surface area contributed by atoms with Crippen LogP contribution in [0.15, 0.2) is 6.07 Å². The second kappa shape index (κ2) is 5.07. The van der Waals surface area contributed by atoms with Crippen LogP contribution in [0, 0.1) is 5.92 Å². The molecule has 2 heterocycles. The Morgan fingerprint density at radius 2 is 2.00 bits per heavy atom. The fourth-order valence-electron chi connectivity index (χ4n) is 2.19. The van der Waals surface area contributed by atoms with E-state index >= 15 is 0 Å². The number of hydrogen-bond acceptors (Lipinski definition) is 3. The molecule has 1 aliphatic rings. The fourth-order valence-corrected chi connectivity index (χ4v) is 2.98. The minimum absolute atomic E-state index is 0.242. The van der Waals surface area contributed by atoms with Gasteiger partial charge in [-0.25, -0.2) is 0 Å². The van der Waals surface area contributed by atoms with E-state index in [-0.39, 0.29) is 5.41 Å². The third kappa shape index (κ3) is 3.52. The Kier molecular flexibility index (Phi) is 3.88. The third-order valence-corrected chi connectivity index (χ3v) is 4.81. The molecule has 1 aromatic heterocycles. The van der Waals surface area contributed by atoms with E-state index in [9.17, 15) is 0 Å². The van der Waals surface area contributed by atoms with Crippen LogP contribution in [0.5, 0.6) is 0 Å². The van der Waals surface area contributed by atoms with Crippen LogP contribution in [0.25, 0.3) is 0 Å². The Hall–Kier alpha value is -0.410. The molecule has 3 heteroatoms. The Bertz CT molecular complexity index is 357. The summed E-state index contributed by atoms with van der Waals surface area (Å²) in [4.78, 5) is 3.94. The number of hydrogen-bond donors (Lipinski definition) is 0. The number of aromatic nitrogens is 1. The van der Waals surface area contributed by atoms with E-state index in [1.807, 2.05) is 0 Å². The van der Waals surface area contributed by atoms with E-state index in [0.717, 1.165) is 12.5 Å². The van der Waals surface area contributed by atoms with Crippen molar-refractivity contribution < 1.29 is 0 Å². The van der Waals surface area contributed by atoms with Gasteiger partial charge in [0, 0.05) is 11.4 Å². The lowest BCUT2D eigenvalue weighted by molar-refractivity contribution is 0.184. The van der Waals surface area contributed by atoms with Gasteiger partial charge in [-0.15, -0.1) is 0 Å². The third-order valence-electron chi connectivity index (χ3n) is 3.56. The van der Waals surface area contributed by atoms with E-state index in [1.165, 1.54) is 36.5 Å². The van der Waals surface area contributed by atoms with Crippen molar-refractivity contribution >= 4 is 11.5 Å². The maximum atomic E-state index is 4.60. The maximum absolute atomic E-state index is 4.60. The number of nitrogens with zero attached hydrogens (tertiary/aromatic N) is 2. The minimum atomic E-state index is 0.242. The van der Waals surface area contributed by atoms with Gasteiger partial charge in [-0.2, -0.15) is 4.37 Å². The van der Waals surface area contributed by atoms with Crippen LogP contribution in [0.4, 0.5) is 0 Å². The highest BCUT2D eigenvalue weighted by Crippen LogP contribution is 2.27. The second-order valence-electron chi connectivity index (χ2n) is 6.39. The standard InChI is InChI=1S/C14H24N2S/c1-11-5-7-16(8-6-11)10-12-9-13(17-15-12)14(2,3)4/h9,11H,5-8,10H2,1-4H3. The molecular formula is C14H24N2S. The highest BCUT2D eigenvalue weighted by atomic mass is 32.1. The topological polar surface area (TPSA) is 16.1 Å². The van der Waals surface area contributed by atoms with Crippen LogP contribution >= 0.6 is 11.5 Å². The number of rotatable bonds is 2. The van der Waals surface area contributed by atoms with Crippen LogP contribution in [0.1, 0.15) is 51.1 Å². The molecule has 2 rings (SSSR count). The summed E-state index contributed by atoms with van der Waals surface area (Å²) in [6, 6.07) is 2.29. The predicted octanol–water partition coefficient (Wildman–Crippen LogP) is 3.67. The summed E-state index contributed by atoms with van der Waals surface area (Å²) in [5.41, 5.74) is 1.50. The first kappa shape index (κ1) is 13.0. The average molecular weight is 252 g/mol. The van der Waals surface area contributed by atoms with Crippen molar-refractivity contribution in [3.63, 3.8) is 0 Å². The van der Waals surface area contributed by atoms with Gasteiger partial charge >= 0.3 is 0 Å². The smallest absolute Gasteiger partial charge is 0.0685 e. The van der Waals surface area contributed by atoms with E-state index in [1.54, 1.807) is 11.5 Å². The molecule has 96 valence electrons. The van der Waals surface area contributed by atoms with Gasteiger partial charge in [0.15, 0.2) is 0 Å². The maximum Gasteiger partial charge on any atom is 0.0685 e. The molecule has 0 spiro atoms. The molecule has 0 bridgehead atoms. The number of likely N-dealkylation sites (tertiary alicyclic amines) is 1. The van der Waals surface area contributed by atoms with E-state index in [4.69, 9.17) is 0 Å². The first-order valence-corrected chi connectivity index (χ1v) is 7.41. The molecule has 1 saturated heterocycles. The van der Waals surface area contributed by atoms with E-state index in [0.29, 0.717) is 0 Å². The van der Waals surface area contributed by atoms with E-state index in [2.05, 4.69) is 43.0 Å². The van der Waals surface area contributed by atoms with Gasteiger partial charge in [0.1, 0.15) is 0 Å². The molecule has 0 saturated carbocycles. The van der Waals surface area contributed by atoms with Crippen LogP contribution < -0.4 is 0 Å². The summed E-state index contributed by atoms with van der Waals surface area (Å²) in [7, 11) is 0. The zero-order valence-electron chi connectivity index (χ0n) is 11.5. The second-order valence-corrected chi connectivity index (χ2v) is 7.20. The quantitative estimate of drug-likeness (QED) is 0.798. The van der Waals surface area contributed by atoms with Crippen molar-refractivity contribution in [2.45, 2.75) is 52.5 Å². The molecule has 0 radical (unpaired) electrons. The molecule has 0 unspecified atom stereocenters. The van der Waals surface area contributed by atoms with Crippen molar-refractivity contribution in [2.75, 3.05) is 13.1 Å². The van der Waals surface area contributed by atoms with Crippen molar-refractivity contribution in [2.24, 2.45) is 5.92 Å². The Morgan fingerprint density at radius 3 is 2.53 bits per heavy atom. The average Bonchev–Trinajstić information content (AvgIpc) is 2.69. The molecule has 17 heavy (non-hydrogen) atoms. The lowest BCUT2D eigenvalue weighted by Crippen LogP contribution is -2.32. The monoisotopic (exact) mass is 252 g/mol. The fraction of sp³-hybridized carbons (Fsp3) is 0.786. The van der Waals surface area contributed by atoms with Gasteiger partial charge in [-0.3, -0.25) is 4.90 Å². The summed E-state index contributed by atoms with van der Waals surface area (Å²) >= 11 is 1.67. The van der Waals surface area contributed by atoms with Gasteiger partial charge in [-0.1, -0.05) is 27.7 Å². The largest absolute Gasteiger partial charge is 0.297 e. The molecule has 0 atom stereocenters. The normalized spacial score (nSPS) is 19.8. The summed E-state index contributed by atoms with van der Waals surface area (Å²) in [5.74, 6) is 0.909. The zero-order chi connectivity index (χ0) is 12.5. The van der Waals surface area contributed by atoms with Gasteiger partial charge in [0.2, 0.25) is 0 Å². The van der Waals surface area contributed by atoms with Crippen LogP contribution in [0.2, 0.25) is 0 Å². The lowest BCUT2D eigenvalue weighted by Gasteiger charge is -2.29. The van der Waals surface area contributed by atoms with Gasteiger partial charge < -0.3 is 0 Å². The molecule has 0 N–H and O–H groups in total. The minimum Gasteiger partial charge on any atom is -0.297 e. The molecule has 0 aromatic carbocycles. The van der Waals surface area contributed by atoms with Gasteiger partial charge in [0.05, 0.1) is 5.69 Å².